The lowest BCUT2D eigenvalue weighted by Gasteiger charge is -2.40. The summed E-state index contributed by atoms with van der Waals surface area (Å²) in [6, 6.07) is 0. The highest BCUT2D eigenvalue weighted by Crippen LogP contribution is 2.67. The van der Waals surface area contributed by atoms with E-state index < -0.39 is 12.2 Å². The predicted octanol–water partition coefficient (Wildman–Crippen LogP) is 6.47. The second kappa shape index (κ2) is 11.5. The topological polar surface area (TPSA) is 93.1 Å². The Morgan fingerprint density at radius 2 is 1.82 bits per heavy atom. The molecule has 0 radical (unpaired) electrons. The average molecular weight is 549 g/mol. The van der Waals surface area contributed by atoms with Gasteiger partial charge in [0.05, 0.1) is 25.2 Å². The molecule has 0 aromatic rings. The van der Waals surface area contributed by atoms with Crippen LogP contribution in [0.2, 0.25) is 0 Å². The minimum Gasteiger partial charge on any atom is -0.466 e. The molecular formula is C33H56O6. The van der Waals surface area contributed by atoms with Crippen molar-refractivity contribution >= 4 is 11.9 Å². The highest BCUT2D eigenvalue weighted by Gasteiger charge is 2.62. The first-order valence-corrected chi connectivity index (χ1v) is 15.2. The van der Waals surface area contributed by atoms with Crippen LogP contribution in [0.5, 0.6) is 0 Å². The van der Waals surface area contributed by atoms with Crippen molar-refractivity contribution in [3.63, 3.8) is 0 Å². The lowest BCUT2D eigenvalue weighted by atomic mass is 9.72. The Balaban J connectivity index is 1.41. The summed E-state index contributed by atoms with van der Waals surface area (Å²) in [5.74, 6) is 0.734. The second-order valence-electron chi connectivity index (χ2n) is 15.1. The van der Waals surface area contributed by atoms with Gasteiger partial charge in [-0.05, 0) is 79.4 Å². The summed E-state index contributed by atoms with van der Waals surface area (Å²) in [4.78, 5) is 24.5. The van der Waals surface area contributed by atoms with Gasteiger partial charge in [-0.1, -0.05) is 67.0 Å². The maximum atomic E-state index is 12.6. The first-order valence-electron chi connectivity index (χ1n) is 15.2. The SMILES string of the molecule is C/C=C(\C)C1(C)CC1C(C)(C)[C@@H](O)C[C@@H](C)CC(=O)OCC[C@H](C)C1(C)CC1C(C)(C)[C@@H]1C[C@@H](O)CC(=O)O1. The van der Waals surface area contributed by atoms with Crippen LogP contribution in [0.4, 0.5) is 0 Å². The molecule has 9 atom stereocenters. The van der Waals surface area contributed by atoms with Gasteiger partial charge in [0.1, 0.15) is 6.10 Å². The van der Waals surface area contributed by atoms with Gasteiger partial charge in [0.2, 0.25) is 0 Å². The van der Waals surface area contributed by atoms with E-state index in [1.54, 1.807) is 0 Å². The molecule has 39 heavy (non-hydrogen) atoms. The third kappa shape index (κ3) is 6.74. The first kappa shape index (κ1) is 32.1. The third-order valence-electron chi connectivity index (χ3n) is 11.6. The Morgan fingerprint density at radius 1 is 1.18 bits per heavy atom. The molecular weight excluding hydrogens is 492 g/mol. The lowest BCUT2D eigenvalue weighted by Crippen LogP contribution is -2.44. The van der Waals surface area contributed by atoms with E-state index in [0.717, 1.165) is 19.3 Å². The van der Waals surface area contributed by atoms with Gasteiger partial charge in [0, 0.05) is 18.3 Å². The summed E-state index contributed by atoms with van der Waals surface area (Å²) in [5, 5.41) is 21.2. The first-order chi connectivity index (χ1) is 17.9. The van der Waals surface area contributed by atoms with Crippen LogP contribution in [0.25, 0.3) is 0 Å². The number of ether oxygens (including phenoxy) is 2. The maximum Gasteiger partial charge on any atom is 0.308 e. The number of aliphatic hydroxyl groups excluding tert-OH is 2. The monoisotopic (exact) mass is 548 g/mol. The molecule has 0 aromatic heterocycles. The zero-order chi connectivity index (χ0) is 29.6. The maximum absolute atomic E-state index is 12.6. The van der Waals surface area contributed by atoms with Gasteiger partial charge < -0.3 is 19.7 Å². The Morgan fingerprint density at radius 3 is 2.41 bits per heavy atom. The third-order valence-corrected chi connectivity index (χ3v) is 11.6. The number of hydrogen-bond acceptors (Lipinski definition) is 6. The quantitative estimate of drug-likeness (QED) is 0.202. The molecule has 2 N–H and O–H groups in total. The minimum absolute atomic E-state index is 0.0525. The molecule has 0 bridgehead atoms. The van der Waals surface area contributed by atoms with E-state index in [-0.39, 0.29) is 52.0 Å². The van der Waals surface area contributed by atoms with E-state index >= 15 is 0 Å². The van der Waals surface area contributed by atoms with Crippen molar-refractivity contribution in [2.24, 2.45) is 45.3 Å². The number of aliphatic hydroxyl groups is 2. The van der Waals surface area contributed by atoms with Crippen molar-refractivity contribution in [1.82, 2.24) is 0 Å². The van der Waals surface area contributed by atoms with Crippen LogP contribution < -0.4 is 0 Å². The van der Waals surface area contributed by atoms with E-state index in [1.165, 1.54) is 5.57 Å². The predicted molar refractivity (Wildman–Crippen MR) is 154 cm³/mol. The zero-order valence-corrected chi connectivity index (χ0v) is 26.3. The van der Waals surface area contributed by atoms with Gasteiger partial charge in [-0.25, -0.2) is 0 Å². The normalized spacial score (nSPS) is 35.6. The van der Waals surface area contributed by atoms with Crippen molar-refractivity contribution in [2.45, 2.75) is 132 Å². The summed E-state index contributed by atoms with van der Waals surface area (Å²) in [5.41, 5.74) is 1.24. The van der Waals surface area contributed by atoms with Gasteiger partial charge in [0.15, 0.2) is 0 Å². The van der Waals surface area contributed by atoms with E-state index in [9.17, 15) is 19.8 Å². The number of cyclic esters (lactones) is 1. The molecule has 3 aliphatic rings. The van der Waals surface area contributed by atoms with E-state index in [0.29, 0.717) is 43.6 Å². The van der Waals surface area contributed by atoms with E-state index in [1.807, 2.05) is 6.92 Å². The highest BCUT2D eigenvalue weighted by molar-refractivity contribution is 5.71. The van der Waals surface area contributed by atoms with Gasteiger partial charge in [-0.2, -0.15) is 0 Å². The van der Waals surface area contributed by atoms with Crippen molar-refractivity contribution in [1.29, 1.82) is 0 Å². The smallest absolute Gasteiger partial charge is 0.308 e. The van der Waals surface area contributed by atoms with Crippen LogP contribution in [0, 0.1) is 45.3 Å². The van der Waals surface area contributed by atoms with Crippen LogP contribution in [0.3, 0.4) is 0 Å². The molecule has 3 fully saturated rings. The van der Waals surface area contributed by atoms with Crippen molar-refractivity contribution in [2.75, 3.05) is 6.61 Å². The molecule has 224 valence electrons. The molecule has 6 heteroatoms. The number of allylic oxidation sites excluding steroid dienone is 2. The van der Waals surface area contributed by atoms with Gasteiger partial charge in [-0.15, -0.1) is 0 Å². The summed E-state index contributed by atoms with van der Waals surface area (Å²) < 4.78 is 11.3. The summed E-state index contributed by atoms with van der Waals surface area (Å²) >= 11 is 0. The van der Waals surface area contributed by atoms with E-state index in [4.69, 9.17) is 9.47 Å². The lowest BCUT2D eigenvalue weighted by molar-refractivity contribution is -0.171. The molecule has 4 unspecified atom stereocenters. The number of rotatable bonds is 13. The van der Waals surface area contributed by atoms with Gasteiger partial charge >= 0.3 is 11.9 Å². The Labute approximate surface area is 237 Å². The fourth-order valence-electron chi connectivity index (χ4n) is 7.73. The Bertz CT molecular complexity index is 936. The fourth-order valence-corrected chi connectivity index (χ4v) is 7.73. The number of carbonyl (C=O) groups is 2. The highest BCUT2D eigenvalue weighted by atomic mass is 16.5. The van der Waals surface area contributed by atoms with E-state index in [2.05, 4.69) is 68.4 Å². The standard InChI is InChI=1S/C33H56O6/c1-11-21(3)32(9)18-24(32)30(5,6)26(35)14-20(2)15-28(36)38-13-12-22(4)33(10)19-25(33)31(7,8)27-16-23(34)17-29(37)39-27/h11,20,22-27,34-35H,12-19H2,1-10H3/b21-11+/t20-,22+,23-,24?,25?,26+,27+,32?,33?/m1/s1. The van der Waals surface area contributed by atoms with Crippen molar-refractivity contribution in [3.05, 3.63) is 11.6 Å². The van der Waals surface area contributed by atoms with Crippen molar-refractivity contribution < 1.29 is 29.3 Å². The molecule has 0 spiro atoms. The fraction of sp³-hybridized carbons (Fsp3) is 0.879. The van der Waals surface area contributed by atoms with Crippen LogP contribution in [0.1, 0.15) is 114 Å². The minimum atomic E-state index is -0.622. The molecule has 2 saturated carbocycles. The Kier molecular flexibility index (Phi) is 9.44. The Hall–Kier alpha value is -1.40. The number of carbonyl (C=O) groups excluding carboxylic acids is 2. The summed E-state index contributed by atoms with van der Waals surface area (Å²) in [6.07, 6.45) is 5.26. The van der Waals surface area contributed by atoms with Gasteiger partial charge in [-0.3, -0.25) is 9.59 Å². The molecule has 2 aliphatic carbocycles. The molecule has 0 aromatic carbocycles. The molecule has 1 aliphatic heterocycles. The number of hydrogen-bond donors (Lipinski definition) is 2. The van der Waals surface area contributed by atoms with Crippen LogP contribution >= 0.6 is 0 Å². The van der Waals surface area contributed by atoms with Crippen molar-refractivity contribution in [3.8, 4) is 0 Å². The van der Waals surface area contributed by atoms with Crippen LogP contribution in [0.15, 0.2) is 11.6 Å². The molecule has 0 amide bonds. The van der Waals surface area contributed by atoms with Crippen LogP contribution in [-0.2, 0) is 19.1 Å². The zero-order valence-electron chi connectivity index (χ0n) is 26.3. The van der Waals surface area contributed by atoms with Crippen LogP contribution in [-0.4, -0.2) is 47.1 Å². The molecule has 1 heterocycles. The largest absolute Gasteiger partial charge is 0.466 e. The summed E-state index contributed by atoms with van der Waals surface area (Å²) in [7, 11) is 0. The number of esters is 2. The summed E-state index contributed by atoms with van der Waals surface area (Å²) in [6.45, 7) is 22.1. The molecule has 1 saturated heterocycles. The second-order valence-corrected chi connectivity index (χ2v) is 15.1. The van der Waals surface area contributed by atoms with Gasteiger partial charge in [0.25, 0.3) is 0 Å². The average Bonchev–Trinajstić information content (AvgIpc) is 3.73. The molecule has 3 rings (SSSR count). The molecule has 6 nitrogen and oxygen atoms in total.